The van der Waals surface area contributed by atoms with E-state index < -0.39 is 10.2 Å². The quantitative estimate of drug-likeness (QED) is 0.699. The Morgan fingerprint density at radius 1 is 1.58 bits per heavy atom. The molecular weight excluding hydrogens is 200 g/mol. The Morgan fingerprint density at radius 3 is 2.58 bits per heavy atom. The van der Waals surface area contributed by atoms with Gasteiger partial charge in [-0.2, -0.15) is 8.42 Å². The van der Waals surface area contributed by atoms with E-state index in [0.717, 1.165) is 0 Å². The summed E-state index contributed by atoms with van der Waals surface area (Å²) in [4.78, 5) is 0. The fourth-order valence-corrected chi connectivity index (χ4v) is 2.07. The van der Waals surface area contributed by atoms with Crippen molar-refractivity contribution >= 4 is 27.0 Å². The molecule has 0 aliphatic carbocycles. The second-order valence-corrected chi connectivity index (χ2v) is 4.47. The second kappa shape index (κ2) is 3.06. The Hall–Kier alpha value is -0.550. The third kappa shape index (κ3) is 2.22. The topological polar surface area (TPSA) is 58.5 Å². The Morgan fingerprint density at radius 2 is 2.17 bits per heavy atom. The van der Waals surface area contributed by atoms with E-state index in [2.05, 4.69) is 9.12 Å². The van der Waals surface area contributed by atoms with Crippen LogP contribution in [0.15, 0.2) is 16.2 Å². The van der Waals surface area contributed by atoms with Crippen LogP contribution in [0, 0.1) is 5.92 Å². The monoisotopic (exact) mass is 208 g/mol. The van der Waals surface area contributed by atoms with Crippen LogP contribution >= 0.6 is 11.6 Å². The minimum absolute atomic E-state index is 0.00236. The number of nitrogens with one attached hydrogen (secondary N) is 1. The highest BCUT2D eigenvalue weighted by Gasteiger charge is 2.18. The number of hydrogen-bond acceptors (Lipinski definition) is 2. The van der Waals surface area contributed by atoms with Crippen molar-refractivity contribution in [3.05, 3.63) is 11.8 Å². The molecule has 0 saturated carbocycles. The zero-order valence-electron chi connectivity index (χ0n) is 6.70. The predicted molar refractivity (Wildman–Crippen MR) is 48.3 cm³/mol. The zero-order chi connectivity index (χ0) is 9.35. The highest BCUT2D eigenvalue weighted by Crippen LogP contribution is 2.13. The Bertz CT molecular complexity index is 343. The van der Waals surface area contributed by atoms with Gasteiger partial charge < -0.3 is 0 Å². The van der Waals surface area contributed by atoms with E-state index in [4.69, 9.17) is 11.6 Å². The first kappa shape index (κ1) is 9.54. The summed E-state index contributed by atoms with van der Waals surface area (Å²) >= 11 is 5.49. The maximum atomic E-state index is 11.0. The lowest BCUT2D eigenvalue weighted by atomic mass is 10.1. The maximum Gasteiger partial charge on any atom is 0.343 e. The molecule has 0 unspecified atom stereocenters. The van der Waals surface area contributed by atoms with Gasteiger partial charge in [-0.1, -0.05) is 25.4 Å². The van der Waals surface area contributed by atoms with Crippen LogP contribution in [-0.2, 0) is 10.2 Å². The Labute approximate surface area is 76.5 Å². The van der Waals surface area contributed by atoms with Gasteiger partial charge in [-0.15, -0.1) is 4.40 Å². The van der Waals surface area contributed by atoms with Gasteiger partial charge in [-0.25, -0.2) is 0 Å². The lowest BCUT2D eigenvalue weighted by Gasteiger charge is -2.15. The van der Waals surface area contributed by atoms with Gasteiger partial charge >= 0.3 is 10.2 Å². The van der Waals surface area contributed by atoms with Crippen molar-refractivity contribution in [2.24, 2.45) is 10.3 Å². The minimum Gasteiger partial charge on any atom is -0.269 e. The summed E-state index contributed by atoms with van der Waals surface area (Å²) < 4.78 is 27.4. The van der Waals surface area contributed by atoms with Crippen molar-refractivity contribution in [1.29, 1.82) is 0 Å². The summed E-state index contributed by atoms with van der Waals surface area (Å²) in [6.07, 6.45) is 1.51. The summed E-state index contributed by atoms with van der Waals surface area (Å²) in [5.41, 5.74) is 0.565. The fourth-order valence-electron chi connectivity index (χ4n) is 0.755. The van der Waals surface area contributed by atoms with Crippen molar-refractivity contribution in [1.82, 2.24) is 4.72 Å². The van der Waals surface area contributed by atoms with Crippen LogP contribution in [0.4, 0.5) is 0 Å². The van der Waals surface area contributed by atoms with E-state index in [1.807, 2.05) is 13.8 Å². The molecule has 0 fully saturated rings. The lowest BCUT2D eigenvalue weighted by Crippen LogP contribution is -2.27. The van der Waals surface area contributed by atoms with Gasteiger partial charge in [0, 0.05) is 5.70 Å². The normalized spacial score (nSPS) is 21.3. The third-order valence-corrected chi connectivity index (χ3v) is 2.58. The van der Waals surface area contributed by atoms with Crippen molar-refractivity contribution in [2.45, 2.75) is 13.8 Å². The number of allylic oxidation sites excluding steroid dienone is 2. The highest BCUT2D eigenvalue weighted by atomic mass is 35.5. The first-order chi connectivity index (χ1) is 5.41. The molecule has 6 heteroatoms. The van der Waals surface area contributed by atoms with Crippen LogP contribution in [0.25, 0.3) is 0 Å². The first-order valence-corrected chi connectivity index (χ1v) is 5.22. The van der Waals surface area contributed by atoms with Gasteiger partial charge in [0.15, 0.2) is 0 Å². The Balaban J connectivity index is 3.05. The van der Waals surface area contributed by atoms with Gasteiger partial charge in [-0.05, 0) is 12.0 Å². The molecule has 0 amide bonds. The van der Waals surface area contributed by atoms with Crippen LogP contribution < -0.4 is 4.72 Å². The van der Waals surface area contributed by atoms with Crippen molar-refractivity contribution in [3.63, 3.8) is 0 Å². The van der Waals surface area contributed by atoms with Gasteiger partial charge in [-0.3, -0.25) is 4.72 Å². The second-order valence-electron chi connectivity index (χ2n) is 2.75. The third-order valence-electron chi connectivity index (χ3n) is 1.35. The van der Waals surface area contributed by atoms with Gasteiger partial charge in [0.1, 0.15) is 5.17 Å². The molecule has 0 aromatic carbocycles. The molecule has 0 atom stereocenters. The molecule has 0 saturated heterocycles. The average molecular weight is 209 g/mol. The molecule has 1 heterocycles. The molecule has 0 radical (unpaired) electrons. The summed E-state index contributed by atoms with van der Waals surface area (Å²) in [5.74, 6) is 0.0871. The van der Waals surface area contributed by atoms with Gasteiger partial charge in [0.2, 0.25) is 0 Å². The largest absolute Gasteiger partial charge is 0.343 e. The number of rotatable bonds is 1. The predicted octanol–water partition coefficient (Wildman–Crippen LogP) is 1.01. The zero-order valence-corrected chi connectivity index (χ0v) is 8.28. The van der Waals surface area contributed by atoms with Crippen LogP contribution in [0.2, 0.25) is 0 Å². The molecule has 0 aromatic rings. The molecular formula is C6H9ClN2O2S. The van der Waals surface area contributed by atoms with E-state index in [0.29, 0.717) is 5.70 Å². The summed E-state index contributed by atoms with van der Waals surface area (Å²) in [7, 11) is -3.59. The molecule has 1 rings (SSSR count). The van der Waals surface area contributed by atoms with E-state index in [1.54, 1.807) is 0 Å². The van der Waals surface area contributed by atoms with E-state index in [1.165, 1.54) is 6.08 Å². The molecule has 0 bridgehead atoms. The smallest absolute Gasteiger partial charge is 0.269 e. The fraction of sp³-hybridized carbons (Fsp3) is 0.500. The average Bonchev–Trinajstić information content (AvgIpc) is 1.82. The number of nitrogens with zero attached hydrogens (tertiary/aromatic N) is 1. The SMILES string of the molecule is CC(C)C1=CC(Cl)=NS(=O)(=O)N1. The van der Waals surface area contributed by atoms with Crippen molar-refractivity contribution in [3.8, 4) is 0 Å². The summed E-state index contributed by atoms with van der Waals surface area (Å²) in [6, 6.07) is 0. The number of hydrogen-bond donors (Lipinski definition) is 1. The molecule has 68 valence electrons. The molecule has 0 aromatic heterocycles. The molecule has 1 N–H and O–H groups in total. The molecule has 0 spiro atoms. The van der Waals surface area contributed by atoms with E-state index >= 15 is 0 Å². The standard InChI is InChI=1S/C6H9ClN2O2S/c1-4(2)5-3-6(7)9-12(10,11)8-5/h3-4,8H,1-2H3. The van der Waals surface area contributed by atoms with Gasteiger partial charge in [0.05, 0.1) is 0 Å². The highest BCUT2D eigenvalue weighted by molar-refractivity contribution is 7.88. The van der Waals surface area contributed by atoms with E-state index in [-0.39, 0.29) is 11.1 Å². The molecule has 12 heavy (non-hydrogen) atoms. The molecule has 1 aliphatic heterocycles. The first-order valence-electron chi connectivity index (χ1n) is 3.40. The number of halogens is 1. The van der Waals surface area contributed by atoms with E-state index in [9.17, 15) is 8.42 Å². The molecule has 1 aliphatic rings. The van der Waals surface area contributed by atoms with Crippen LogP contribution in [0.1, 0.15) is 13.8 Å². The van der Waals surface area contributed by atoms with Crippen molar-refractivity contribution in [2.75, 3.05) is 0 Å². The lowest BCUT2D eigenvalue weighted by molar-refractivity contribution is 0.582. The minimum atomic E-state index is -3.59. The van der Waals surface area contributed by atoms with Gasteiger partial charge in [0.25, 0.3) is 0 Å². The molecule has 4 nitrogen and oxygen atoms in total. The van der Waals surface area contributed by atoms with Crippen molar-refractivity contribution < 1.29 is 8.42 Å². The van der Waals surface area contributed by atoms with Crippen LogP contribution in [-0.4, -0.2) is 13.6 Å². The Kier molecular flexibility index (Phi) is 2.44. The van der Waals surface area contributed by atoms with Crippen LogP contribution in [0.5, 0.6) is 0 Å². The summed E-state index contributed by atoms with van der Waals surface area (Å²) in [6.45, 7) is 3.73. The maximum absolute atomic E-state index is 11.0. The van der Waals surface area contributed by atoms with Crippen LogP contribution in [0.3, 0.4) is 0 Å². The summed E-state index contributed by atoms with van der Waals surface area (Å²) in [5, 5.41) is -0.00236.